The van der Waals surface area contributed by atoms with Gasteiger partial charge in [-0.25, -0.2) is 9.37 Å². The van der Waals surface area contributed by atoms with Crippen molar-refractivity contribution in [2.24, 2.45) is 0 Å². The predicted molar refractivity (Wildman–Crippen MR) is 133 cm³/mol. The summed E-state index contributed by atoms with van der Waals surface area (Å²) in [6.45, 7) is 2.71. The molecule has 0 saturated heterocycles. The van der Waals surface area contributed by atoms with Gasteiger partial charge in [-0.3, -0.25) is 9.78 Å². The summed E-state index contributed by atoms with van der Waals surface area (Å²) in [6, 6.07) is 10.4. The van der Waals surface area contributed by atoms with Gasteiger partial charge in [0.05, 0.1) is 35.3 Å². The van der Waals surface area contributed by atoms with E-state index in [1.807, 2.05) is 18.2 Å². The fourth-order valence-electron chi connectivity index (χ4n) is 4.57. The molecular formula is C26H25FN6O2. The molecule has 1 aliphatic carbocycles. The third-order valence-corrected chi connectivity index (χ3v) is 6.68. The van der Waals surface area contributed by atoms with Gasteiger partial charge in [0.25, 0.3) is 5.91 Å². The molecule has 4 aromatic rings. The van der Waals surface area contributed by atoms with Gasteiger partial charge in [0.1, 0.15) is 11.3 Å². The number of nitrogens with zero attached hydrogens (tertiary/aromatic N) is 2. The highest BCUT2D eigenvalue weighted by Crippen LogP contribution is 2.42. The Kier molecular flexibility index (Phi) is 4.87. The summed E-state index contributed by atoms with van der Waals surface area (Å²) in [5.41, 5.74) is 5.27. The fraction of sp³-hybridized carbons (Fsp3) is 0.269. The van der Waals surface area contributed by atoms with Gasteiger partial charge in [0, 0.05) is 36.0 Å². The first-order chi connectivity index (χ1) is 17.0. The lowest BCUT2D eigenvalue weighted by Crippen LogP contribution is -2.31. The Balaban J connectivity index is 1.54. The number of methoxy groups -OCH3 is 1. The normalized spacial score (nSPS) is 15.9. The Morgan fingerprint density at radius 1 is 1.17 bits per heavy atom. The maximum absolute atomic E-state index is 14.4. The summed E-state index contributed by atoms with van der Waals surface area (Å²) in [6.07, 6.45) is 4.59. The molecule has 1 fully saturated rings. The Bertz CT molecular complexity index is 1480. The van der Waals surface area contributed by atoms with Crippen LogP contribution in [0.2, 0.25) is 0 Å². The average Bonchev–Trinajstić information content (AvgIpc) is 3.45. The Morgan fingerprint density at radius 3 is 2.83 bits per heavy atom. The zero-order valence-electron chi connectivity index (χ0n) is 19.5. The topological polar surface area (TPSA) is 104 Å². The molecule has 178 valence electrons. The summed E-state index contributed by atoms with van der Waals surface area (Å²) in [4.78, 5) is 25.8. The highest BCUT2D eigenvalue weighted by atomic mass is 19.1. The number of carbonyl (C=O) groups is 1. The van der Waals surface area contributed by atoms with Crippen LogP contribution in [0.4, 0.5) is 21.6 Å². The lowest BCUT2D eigenvalue weighted by molar-refractivity contribution is 0.0947. The fourth-order valence-corrected chi connectivity index (χ4v) is 4.57. The monoisotopic (exact) mass is 472 g/mol. The number of anilines is 3. The number of benzene rings is 1. The predicted octanol–water partition coefficient (Wildman–Crippen LogP) is 4.77. The molecule has 4 N–H and O–H groups in total. The molecule has 1 aliphatic heterocycles. The van der Waals surface area contributed by atoms with Gasteiger partial charge >= 0.3 is 0 Å². The second-order valence-electron chi connectivity index (χ2n) is 9.29. The largest absolute Gasteiger partial charge is 0.492 e. The summed E-state index contributed by atoms with van der Waals surface area (Å²) < 4.78 is 19.7. The molecule has 1 saturated carbocycles. The first-order valence-electron chi connectivity index (χ1n) is 11.6. The molecule has 6 rings (SSSR count). The number of aromatic nitrogens is 3. The van der Waals surface area contributed by atoms with Crippen LogP contribution in [-0.2, 0) is 6.42 Å². The molecule has 3 aromatic heterocycles. The molecule has 0 atom stereocenters. The molecule has 1 amide bonds. The van der Waals surface area contributed by atoms with E-state index in [0.29, 0.717) is 41.1 Å². The van der Waals surface area contributed by atoms with Crippen LogP contribution < -0.4 is 20.7 Å². The van der Waals surface area contributed by atoms with E-state index in [2.05, 4.69) is 32.8 Å². The highest BCUT2D eigenvalue weighted by molar-refractivity contribution is 6.08. The Labute approximate surface area is 201 Å². The van der Waals surface area contributed by atoms with Crippen molar-refractivity contribution >= 4 is 34.1 Å². The minimum atomic E-state index is -0.492. The van der Waals surface area contributed by atoms with Crippen LogP contribution in [0.25, 0.3) is 22.3 Å². The number of fused-ring (bicyclic) bond motifs is 2. The zero-order valence-corrected chi connectivity index (χ0v) is 19.5. The first-order valence-corrected chi connectivity index (χ1v) is 11.6. The van der Waals surface area contributed by atoms with Crippen molar-refractivity contribution in [2.75, 3.05) is 24.3 Å². The molecule has 35 heavy (non-hydrogen) atoms. The second kappa shape index (κ2) is 7.97. The minimum Gasteiger partial charge on any atom is -0.492 e. The Morgan fingerprint density at radius 2 is 2.03 bits per heavy atom. The van der Waals surface area contributed by atoms with Gasteiger partial charge in [0.15, 0.2) is 11.6 Å². The molecule has 4 heterocycles. The van der Waals surface area contributed by atoms with Crippen LogP contribution in [0.15, 0.2) is 42.6 Å². The van der Waals surface area contributed by atoms with E-state index in [1.54, 1.807) is 18.3 Å². The van der Waals surface area contributed by atoms with E-state index in [9.17, 15) is 9.18 Å². The van der Waals surface area contributed by atoms with Gasteiger partial charge in [-0.15, -0.1) is 0 Å². The molecule has 2 aliphatic rings. The summed E-state index contributed by atoms with van der Waals surface area (Å²) >= 11 is 0. The number of ether oxygens (including phenoxy) is 1. The van der Waals surface area contributed by atoms with E-state index in [4.69, 9.17) is 9.72 Å². The molecule has 0 bridgehead atoms. The van der Waals surface area contributed by atoms with Crippen molar-refractivity contribution in [1.29, 1.82) is 0 Å². The van der Waals surface area contributed by atoms with Gasteiger partial charge in [-0.1, -0.05) is 6.07 Å². The molecule has 9 heteroatoms. The van der Waals surface area contributed by atoms with Crippen LogP contribution in [0, 0.1) is 5.82 Å². The number of para-hydroxylation sites is 1. The molecule has 0 radical (unpaired) electrons. The summed E-state index contributed by atoms with van der Waals surface area (Å²) in [5.74, 6) is 0.170. The number of rotatable bonds is 6. The lowest BCUT2D eigenvalue weighted by atomic mass is 10.0. The zero-order chi connectivity index (χ0) is 24.2. The third kappa shape index (κ3) is 3.73. The van der Waals surface area contributed by atoms with Crippen LogP contribution in [-0.4, -0.2) is 40.1 Å². The van der Waals surface area contributed by atoms with Crippen molar-refractivity contribution in [2.45, 2.75) is 31.7 Å². The highest BCUT2D eigenvalue weighted by Gasteiger charge is 2.37. The van der Waals surface area contributed by atoms with Crippen LogP contribution >= 0.6 is 0 Å². The number of aromatic amines is 1. The number of hydrogen-bond donors (Lipinski definition) is 4. The van der Waals surface area contributed by atoms with Crippen LogP contribution in [0.5, 0.6) is 5.75 Å². The van der Waals surface area contributed by atoms with E-state index < -0.39 is 5.82 Å². The number of amides is 1. The van der Waals surface area contributed by atoms with Gasteiger partial charge in [-0.2, -0.15) is 0 Å². The smallest absolute Gasteiger partial charge is 0.255 e. The average molecular weight is 473 g/mol. The summed E-state index contributed by atoms with van der Waals surface area (Å²) in [5, 5.41) is 9.69. The molecule has 1 aromatic carbocycles. The number of carbonyl (C=O) groups excluding carboxylic acids is 1. The van der Waals surface area contributed by atoms with Crippen molar-refractivity contribution in [3.05, 3.63) is 59.7 Å². The second-order valence-corrected chi connectivity index (χ2v) is 9.29. The molecule has 8 nitrogen and oxygen atoms in total. The first kappa shape index (κ1) is 21.4. The molecular weight excluding hydrogens is 447 g/mol. The van der Waals surface area contributed by atoms with E-state index >= 15 is 0 Å². The molecule has 0 spiro atoms. The lowest BCUT2D eigenvalue weighted by Gasteiger charge is -2.17. The van der Waals surface area contributed by atoms with E-state index in [0.717, 1.165) is 35.4 Å². The third-order valence-electron chi connectivity index (χ3n) is 6.68. The van der Waals surface area contributed by atoms with E-state index in [1.165, 1.54) is 13.2 Å². The Hall–Kier alpha value is -4.14. The van der Waals surface area contributed by atoms with Gasteiger partial charge in [0.2, 0.25) is 0 Å². The maximum atomic E-state index is 14.4. The van der Waals surface area contributed by atoms with Crippen LogP contribution in [0.1, 0.15) is 35.8 Å². The summed E-state index contributed by atoms with van der Waals surface area (Å²) in [7, 11) is 1.42. The number of halogens is 1. The van der Waals surface area contributed by atoms with Crippen molar-refractivity contribution < 1.29 is 13.9 Å². The number of hydrogen-bond acceptors (Lipinski definition) is 6. The van der Waals surface area contributed by atoms with Gasteiger partial charge in [-0.05, 0) is 50.1 Å². The number of pyridine rings is 2. The van der Waals surface area contributed by atoms with Crippen LogP contribution in [0.3, 0.4) is 0 Å². The maximum Gasteiger partial charge on any atom is 0.255 e. The number of nitrogens with one attached hydrogen (secondary N) is 4. The van der Waals surface area contributed by atoms with Crippen molar-refractivity contribution in [3.63, 3.8) is 0 Å². The van der Waals surface area contributed by atoms with Gasteiger partial charge < -0.3 is 25.7 Å². The van der Waals surface area contributed by atoms with Crippen molar-refractivity contribution in [1.82, 2.24) is 20.3 Å². The minimum absolute atomic E-state index is 0.0755. The quantitative estimate of drug-likeness (QED) is 0.322. The standard InChI is InChI=1S/C26H25FN6O2/c1-26(10-11-26)33-19-7-6-17-21(32-19)14(8-12-28-17)22-23(20-16(30-22)9-13-29-25(20)34)31-18-5-3-4-15(27)24(18)35-2/h3-8,12,30-31H,9-11,13H2,1-2H3,(H,29,34)(H,32,33). The van der Waals surface area contributed by atoms with E-state index in [-0.39, 0.29) is 17.2 Å². The number of H-pyrrole nitrogens is 1. The molecule has 0 unspecified atom stereocenters. The van der Waals surface area contributed by atoms with Crippen molar-refractivity contribution in [3.8, 4) is 17.0 Å². The SMILES string of the molecule is COc1c(F)cccc1Nc1c(-c2ccnc3ccc(NC4(C)CC4)nc23)[nH]c2c1C(=O)NCC2.